The van der Waals surface area contributed by atoms with Gasteiger partial charge in [-0.15, -0.1) is 0 Å². The molecular formula is C16H16O5. The van der Waals surface area contributed by atoms with E-state index in [1.54, 1.807) is 19.1 Å². The highest BCUT2D eigenvalue weighted by molar-refractivity contribution is 5.88. The first-order valence-electron chi connectivity index (χ1n) is 6.54. The van der Waals surface area contributed by atoms with Crippen LogP contribution in [-0.2, 0) is 0 Å². The zero-order valence-electron chi connectivity index (χ0n) is 11.8. The topological polar surface area (TPSA) is 90.9 Å². The van der Waals surface area contributed by atoms with Crippen molar-refractivity contribution in [1.29, 1.82) is 0 Å². The molecule has 0 bridgehead atoms. The van der Waals surface area contributed by atoms with Crippen molar-refractivity contribution in [2.24, 2.45) is 0 Å². The molecule has 0 aliphatic heterocycles. The third kappa shape index (κ3) is 2.63. The van der Waals surface area contributed by atoms with Crippen LogP contribution in [0.5, 0.6) is 17.2 Å². The van der Waals surface area contributed by atoms with Crippen LogP contribution in [0.25, 0.3) is 16.5 Å². The Bertz CT molecular complexity index is 796. The average molecular weight is 288 g/mol. The zero-order valence-corrected chi connectivity index (χ0v) is 11.8. The van der Waals surface area contributed by atoms with Crippen LogP contribution in [0, 0.1) is 0 Å². The second-order valence-electron chi connectivity index (χ2n) is 4.50. The van der Waals surface area contributed by atoms with Gasteiger partial charge >= 0.3 is 0 Å². The molecule has 1 aromatic heterocycles. The van der Waals surface area contributed by atoms with E-state index < -0.39 is 16.9 Å². The summed E-state index contributed by atoms with van der Waals surface area (Å²) in [5.41, 5.74) is -0.196. The van der Waals surface area contributed by atoms with E-state index in [0.717, 1.165) is 12.5 Å². The fourth-order valence-electron chi connectivity index (χ4n) is 2.02. The quantitative estimate of drug-likeness (QED) is 0.754. The number of phenolic OH excluding ortho intramolecular Hbond substituents is 2. The maximum Gasteiger partial charge on any atom is 0.238 e. The number of rotatable bonds is 3. The predicted octanol–water partition coefficient (Wildman–Crippen LogP) is 3.28. The molecule has 0 saturated heterocycles. The van der Waals surface area contributed by atoms with Gasteiger partial charge in [-0.1, -0.05) is 25.2 Å². The highest BCUT2D eigenvalue weighted by Crippen LogP contribution is 2.33. The fourth-order valence-corrected chi connectivity index (χ4v) is 2.02. The average Bonchev–Trinajstić information content (AvgIpc) is 2.43. The molecule has 0 radical (unpaired) electrons. The Labute approximate surface area is 121 Å². The minimum absolute atomic E-state index is 0.00435. The molecule has 0 amide bonds. The molecule has 0 unspecified atom stereocenters. The number of aromatic hydroxyl groups is 3. The number of hydrogen-bond acceptors (Lipinski definition) is 5. The van der Waals surface area contributed by atoms with E-state index in [4.69, 9.17) is 4.42 Å². The minimum Gasteiger partial charge on any atom is -0.508 e. The maximum atomic E-state index is 12.2. The van der Waals surface area contributed by atoms with E-state index in [1.165, 1.54) is 6.07 Å². The molecule has 0 atom stereocenters. The van der Waals surface area contributed by atoms with Crippen molar-refractivity contribution in [2.75, 3.05) is 0 Å². The molecule has 0 fully saturated rings. The zero-order chi connectivity index (χ0) is 15.6. The Morgan fingerprint density at radius 3 is 2.62 bits per heavy atom. The molecule has 5 nitrogen and oxygen atoms in total. The summed E-state index contributed by atoms with van der Waals surface area (Å²) >= 11 is 0. The summed E-state index contributed by atoms with van der Waals surface area (Å²) in [6.45, 7) is 3.70. The molecule has 2 rings (SSSR count). The Hall–Kier alpha value is -2.69. The van der Waals surface area contributed by atoms with Crippen LogP contribution in [0.4, 0.5) is 0 Å². The van der Waals surface area contributed by atoms with Gasteiger partial charge in [-0.2, -0.15) is 0 Å². The summed E-state index contributed by atoms with van der Waals surface area (Å²) < 4.78 is 5.50. The van der Waals surface area contributed by atoms with Gasteiger partial charge in [0.2, 0.25) is 11.2 Å². The molecule has 2 aromatic rings. The normalized spacial score (nSPS) is 12.4. The molecule has 0 aliphatic carbocycles. The van der Waals surface area contributed by atoms with E-state index in [-0.39, 0.29) is 22.5 Å². The molecule has 1 aromatic carbocycles. The molecule has 0 spiro atoms. The molecule has 21 heavy (non-hydrogen) atoms. The second-order valence-corrected chi connectivity index (χ2v) is 4.50. The van der Waals surface area contributed by atoms with Crippen LogP contribution < -0.4 is 5.43 Å². The van der Waals surface area contributed by atoms with Gasteiger partial charge in [-0.25, -0.2) is 0 Å². The first kappa shape index (κ1) is 14.7. The lowest BCUT2D eigenvalue weighted by atomic mass is 10.1. The predicted molar refractivity (Wildman–Crippen MR) is 80.6 cm³/mol. The van der Waals surface area contributed by atoms with Crippen molar-refractivity contribution in [2.45, 2.75) is 20.3 Å². The highest BCUT2D eigenvalue weighted by Gasteiger charge is 2.18. The number of hydrogen-bond donors (Lipinski definition) is 3. The molecule has 0 aliphatic rings. The minimum atomic E-state index is -0.743. The number of allylic oxidation sites excluding steroid dienone is 4. The van der Waals surface area contributed by atoms with E-state index >= 15 is 0 Å². The largest absolute Gasteiger partial charge is 0.508 e. The summed E-state index contributed by atoms with van der Waals surface area (Å²) in [5.74, 6) is -1.24. The first-order valence-corrected chi connectivity index (χ1v) is 6.54. The van der Waals surface area contributed by atoms with Crippen molar-refractivity contribution >= 4 is 16.5 Å². The SMILES string of the molecule is C/C=C(\C=C/CC)c1oc2cc(O)cc(O)c2c(=O)c1O. The molecule has 1 heterocycles. The Morgan fingerprint density at radius 1 is 1.29 bits per heavy atom. The van der Waals surface area contributed by atoms with Crippen LogP contribution in [0.1, 0.15) is 26.0 Å². The lowest BCUT2D eigenvalue weighted by Crippen LogP contribution is -2.04. The van der Waals surface area contributed by atoms with E-state index in [0.29, 0.717) is 5.57 Å². The van der Waals surface area contributed by atoms with Gasteiger partial charge < -0.3 is 19.7 Å². The van der Waals surface area contributed by atoms with Gasteiger partial charge in [0.25, 0.3) is 0 Å². The van der Waals surface area contributed by atoms with Crippen molar-refractivity contribution in [1.82, 2.24) is 0 Å². The second kappa shape index (κ2) is 5.75. The lowest BCUT2D eigenvalue weighted by Gasteiger charge is -2.08. The molecule has 3 N–H and O–H groups in total. The smallest absolute Gasteiger partial charge is 0.238 e. The third-order valence-electron chi connectivity index (χ3n) is 3.04. The Morgan fingerprint density at radius 2 is 2.00 bits per heavy atom. The summed E-state index contributed by atoms with van der Waals surface area (Å²) in [4.78, 5) is 12.2. The fraction of sp³-hybridized carbons (Fsp3) is 0.188. The summed E-state index contributed by atoms with van der Waals surface area (Å²) in [7, 11) is 0. The highest BCUT2D eigenvalue weighted by atomic mass is 16.4. The van der Waals surface area contributed by atoms with Crippen LogP contribution in [0.15, 0.2) is 39.6 Å². The molecule has 0 saturated carbocycles. The van der Waals surface area contributed by atoms with Crippen molar-refractivity contribution in [3.05, 3.63) is 46.3 Å². The van der Waals surface area contributed by atoms with E-state index in [1.807, 2.05) is 13.0 Å². The Balaban J connectivity index is 2.81. The maximum absolute atomic E-state index is 12.2. The summed E-state index contributed by atoms with van der Waals surface area (Å²) in [6.07, 6.45) is 6.07. The lowest BCUT2D eigenvalue weighted by molar-refractivity contribution is 0.429. The molecular weight excluding hydrogens is 272 g/mol. The van der Waals surface area contributed by atoms with Gasteiger partial charge in [0.15, 0.2) is 5.76 Å². The van der Waals surface area contributed by atoms with Crippen LogP contribution in [0.3, 0.4) is 0 Å². The van der Waals surface area contributed by atoms with E-state index in [2.05, 4.69) is 0 Å². The van der Waals surface area contributed by atoms with Gasteiger partial charge in [0.05, 0.1) is 0 Å². The van der Waals surface area contributed by atoms with Crippen molar-refractivity contribution in [3.63, 3.8) is 0 Å². The molecule has 5 heteroatoms. The van der Waals surface area contributed by atoms with Gasteiger partial charge in [0, 0.05) is 17.7 Å². The summed E-state index contributed by atoms with van der Waals surface area (Å²) in [5, 5.41) is 29.1. The van der Waals surface area contributed by atoms with Crippen LogP contribution in [-0.4, -0.2) is 15.3 Å². The molecule has 110 valence electrons. The monoisotopic (exact) mass is 288 g/mol. The standard InChI is InChI=1S/C16H16O5/c1-3-5-6-9(4-2)16-15(20)14(19)13-11(18)7-10(17)8-12(13)21-16/h4-8,17-18,20H,3H2,1-2H3/b6-5-,9-4+. The van der Waals surface area contributed by atoms with Crippen LogP contribution in [0.2, 0.25) is 0 Å². The number of fused-ring (bicyclic) bond motifs is 1. The first-order chi connectivity index (χ1) is 9.99. The van der Waals surface area contributed by atoms with Crippen molar-refractivity contribution in [3.8, 4) is 17.2 Å². The van der Waals surface area contributed by atoms with Crippen molar-refractivity contribution < 1.29 is 19.7 Å². The number of benzene rings is 1. The third-order valence-corrected chi connectivity index (χ3v) is 3.04. The van der Waals surface area contributed by atoms with Gasteiger partial charge in [-0.3, -0.25) is 4.79 Å². The number of phenols is 2. The van der Waals surface area contributed by atoms with E-state index in [9.17, 15) is 20.1 Å². The Kier molecular flexibility index (Phi) is 4.03. The summed E-state index contributed by atoms with van der Waals surface area (Å²) in [6, 6.07) is 2.24. The van der Waals surface area contributed by atoms with Gasteiger partial charge in [-0.05, 0) is 13.3 Å². The van der Waals surface area contributed by atoms with Gasteiger partial charge in [0.1, 0.15) is 22.5 Å². The van der Waals surface area contributed by atoms with Crippen LogP contribution >= 0.6 is 0 Å².